The lowest BCUT2D eigenvalue weighted by Gasteiger charge is -2.18. The van der Waals surface area contributed by atoms with E-state index < -0.39 is 0 Å². The zero-order valence-electron chi connectivity index (χ0n) is 15.9. The summed E-state index contributed by atoms with van der Waals surface area (Å²) in [4.78, 5) is 0. The molecule has 0 spiro atoms. The molecule has 2 aliphatic rings. The third-order valence-corrected chi connectivity index (χ3v) is 5.64. The number of unbranched alkanes of at least 4 members (excludes halogenated alkanes) is 11. The normalized spacial score (nSPS) is 27.5. The predicted molar refractivity (Wildman–Crippen MR) is 99.3 cm³/mol. The topological polar surface area (TPSA) is 42.0 Å². The van der Waals surface area contributed by atoms with Gasteiger partial charge in [0.1, 0.15) is 6.10 Å². The molecule has 0 aromatic heterocycles. The monoisotopic (exact) mass is 340 g/mol. The summed E-state index contributed by atoms with van der Waals surface area (Å²) in [5.74, 6) is 0. The van der Waals surface area contributed by atoms with Gasteiger partial charge in [0.05, 0.1) is 24.9 Å². The minimum Gasteiger partial charge on any atom is -0.390 e. The first-order chi connectivity index (χ1) is 11.8. The Balaban J connectivity index is 1.32. The number of rotatable bonds is 15. The quantitative estimate of drug-likeness (QED) is 0.321. The molecule has 4 atom stereocenters. The molecular formula is C21H40O3. The fourth-order valence-corrected chi connectivity index (χ4v) is 3.90. The SMILES string of the molecule is CCCCCCCCCCCCCC[C@@H](O)[C@H]1CC[C@@H]([C@@H]2CO2)O1. The zero-order valence-corrected chi connectivity index (χ0v) is 15.9. The van der Waals surface area contributed by atoms with Crippen molar-refractivity contribution >= 4 is 0 Å². The van der Waals surface area contributed by atoms with Gasteiger partial charge in [-0.2, -0.15) is 0 Å². The molecule has 0 amide bonds. The predicted octanol–water partition coefficient (Wildman–Crippen LogP) is 5.38. The van der Waals surface area contributed by atoms with Gasteiger partial charge in [-0.25, -0.2) is 0 Å². The molecule has 1 N–H and O–H groups in total. The van der Waals surface area contributed by atoms with Crippen LogP contribution in [0, 0.1) is 0 Å². The standard InChI is InChI=1S/C21H40O3/c1-2-3-4-5-6-7-8-9-10-11-12-13-14-18(22)19-15-16-20(24-19)21-17-23-21/h18-22H,2-17H2,1H3/t18-,19-,20+,21+/m1/s1. The molecule has 142 valence electrons. The second-order valence-corrected chi connectivity index (χ2v) is 7.91. The van der Waals surface area contributed by atoms with Crippen molar-refractivity contribution in [1.29, 1.82) is 0 Å². The van der Waals surface area contributed by atoms with Crippen molar-refractivity contribution in [1.82, 2.24) is 0 Å². The molecule has 0 unspecified atom stereocenters. The molecule has 0 aromatic carbocycles. The smallest absolute Gasteiger partial charge is 0.107 e. The molecule has 2 aliphatic heterocycles. The molecule has 2 heterocycles. The van der Waals surface area contributed by atoms with Crippen molar-refractivity contribution in [3.63, 3.8) is 0 Å². The number of hydrogen-bond donors (Lipinski definition) is 1. The van der Waals surface area contributed by atoms with Gasteiger partial charge < -0.3 is 14.6 Å². The highest BCUT2D eigenvalue weighted by Gasteiger charge is 2.40. The third-order valence-electron chi connectivity index (χ3n) is 5.64. The van der Waals surface area contributed by atoms with Crippen LogP contribution < -0.4 is 0 Å². The highest BCUT2D eigenvalue weighted by molar-refractivity contribution is 4.88. The van der Waals surface area contributed by atoms with Crippen LogP contribution in [-0.2, 0) is 9.47 Å². The first-order valence-corrected chi connectivity index (χ1v) is 10.8. The molecule has 0 bridgehead atoms. The maximum absolute atomic E-state index is 10.3. The summed E-state index contributed by atoms with van der Waals surface area (Å²) in [5.41, 5.74) is 0. The van der Waals surface area contributed by atoms with E-state index in [1.807, 2.05) is 0 Å². The van der Waals surface area contributed by atoms with Gasteiger partial charge in [-0.3, -0.25) is 0 Å². The fraction of sp³-hybridized carbons (Fsp3) is 1.00. The molecule has 24 heavy (non-hydrogen) atoms. The van der Waals surface area contributed by atoms with E-state index in [2.05, 4.69) is 6.92 Å². The first kappa shape index (κ1) is 20.2. The second kappa shape index (κ2) is 12.3. The highest BCUT2D eigenvalue weighted by Crippen LogP contribution is 2.31. The molecule has 2 fully saturated rings. The number of aliphatic hydroxyl groups excluding tert-OH is 1. The van der Waals surface area contributed by atoms with Gasteiger partial charge >= 0.3 is 0 Å². The van der Waals surface area contributed by atoms with Crippen LogP contribution in [0.1, 0.15) is 103 Å². The van der Waals surface area contributed by atoms with Gasteiger partial charge in [0.25, 0.3) is 0 Å². The van der Waals surface area contributed by atoms with Crippen molar-refractivity contribution in [3.8, 4) is 0 Å². The Hall–Kier alpha value is -0.120. The van der Waals surface area contributed by atoms with Gasteiger partial charge in [-0.05, 0) is 19.3 Å². The maximum atomic E-state index is 10.3. The summed E-state index contributed by atoms with van der Waals surface area (Å²) in [7, 11) is 0. The number of aliphatic hydroxyl groups is 1. The van der Waals surface area contributed by atoms with E-state index in [9.17, 15) is 5.11 Å². The van der Waals surface area contributed by atoms with Crippen LogP contribution >= 0.6 is 0 Å². The van der Waals surface area contributed by atoms with E-state index in [1.54, 1.807) is 0 Å². The first-order valence-electron chi connectivity index (χ1n) is 10.8. The highest BCUT2D eigenvalue weighted by atomic mass is 16.6. The lowest BCUT2D eigenvalue weighted by Crippen LogP contribution is -2.27. The molecule has 2 saturated heterocycles. The summed E-state index contributed by atoms with van der Waals surface area (Å²) in [6.07, 6.45) is 19.7. The van der Waals surface area contributed by atoms with Crippen molar-refractivity contribution in [2.75, 3.05) is 6.61 Å². The van der Waals surface area contributed by atoms with Crippen LogP contribution in [0.4, 0.5) is 0 Å². The molecule has 0 saturated carbocycles. The Kier molecular flexibility index (Phi) is 10.3. The lowest BCUT2D eigenvalue weighted by atomic mass is 10.0. The molecule has 0 radical (unpaired) electrons. The van der Waals surface area contributed by atoms with E-state index in [4.69, 9.17) is 9.47 Å². The van der Waals surface area contributed by atoms with E-state index in [1.165, 1.54) is 70.6 Å². The van der Waals surface area contributed by atoms with Crippen molar-refractivity contribution in [3.05, 3.63) is 0 Å². The van der Waals surface area contributed by atoms with E-state index in [0.717, 1.165) is 32.3 Å². The van der Waals surface area contributed by atoms with Crippen LogP contribution in [0.5, 0.6) is 0 Å². The van der Waals surface area contributed by atoms with Gasteiger partial charge in [0, 0.05) is 0 Å². The fourth-order valence-electron chi connectivity index (χ4n) is 3.90. The minimum absolute atomic E-state index is 0.0620. The van der Waals surface area contributed by atoms with Gasteiger partial charge in [0.2, 0.25) is 0 Å². The summed E-state index contributed by atoms with van der Waals surface area (Å²) >= 11 is 0. The van der Waals surface area contributed by atoms with Crippen LogP contribution in [0.3, 0.4) is 0 Å². The maximum Gasteiger partial charge on any atom is 0.107 e. The van der Waals surface area contributed by atoms with E-state index in [-0.39, 0.29) is 18.3 Å². The van der Waals surface area contributed by atoms with E-state index in [0.29, 0.717) is 6.10 Å². The molecule has 2 rings (SSSR count). The van der Waals surface area contributed by atoms with E-state index >= 15 is 0 Å². The van der Waals surface area contributed by atoms with Gasteiger partial charge in [-0.1, -0.05) is 84.0 Å². The van der Waals surface area contributed by atoms with Crippen LogP contribution in [0.2, 0.25) is 0 Å². The third kappa shape index (κ3) is 8.31. The molecule has 0 aromatic rings. The number of ether oxygens (including phenoxy) is 2. The van der Waals surface area contributed by atoms with Gasteiger partial charge in [0.15, 0.2) is 0 Å². The Morgan fingerprint density at radius 2 is 1.33 bits per heavy atom. The van der Waals surface area contributed by atoms with Gasteiger partial charge in [-0.15, -0.1) is 0 Å². The molecular weight excluding hydrogens is 300 g/mol. The van der Waals surface area contributed by atoms with Crippen molar-refractivity contribution in [2.45, 2.75) is 128 Å². The lowest BCUT2D eigenvalue weighted by molar-refractivity contribution is -0.0443. The molecule has 3 heteroatoms. The Morgan fingerprint density at radius 3 is 1.88 bits per heavy atom. The Bertz CT molecular complexity index is 303. The summed E-state index contributed by atoms with van der Waals surface area (Å²) in [6, 6.07) is 0. The Labute approximate surface area is 149 Å². The van der Waals surface area contributed by atoms with Crippen LogP contribution in [0.25, 0.3) is 0 Å². The molecule has 3 nitrogen and oxygen atoms in total. The Morgan fingerprint density at radius 1 is 0.792 bits per heavy atom. The summed E-state index contributed by atoms with van der Waals surface area (Å²) in [6.45, 7) is 3.13. The average molecular weight is 341 g/mol. The average Bonchev–Trinajstić information content (AvgIpc) is 3.32. The van der Waals surface area contributed by atoms with Crippen LogP contribution in [-0.4, -0.2) is 36.1 Å². The summed E-state index contributed by atoms with van der Waals surface area (Å²) < 4.78 is 11.2. The summed E-state index contributed by atoms with van der Waals surface area (Å²) in [5, 5.41) is 10.3. The number of hydrogen-bond acceptors (Lipinski definition) is 3. The van der Waals surface area contributed by atoms with Crippen LogP contribution in [0.15, 0.2) is 0 Å². The number of epoxide rings is 1. The minimum atomic E-state index is -0.267. The second-order valence-electron chi connectivity index (χ2n) is 7.91. The molecule has 0 aliphatic carbocycles. The van der Waals surface area contributed by atoms with Crippen molar-refractivity contribution < 1.29 is 14.6 Å². The van der Waals surface area contributed by atoms with Crippen molar-refractivity contribution in [2.24, 2.45) is 0 Å². The largest absolute Gasteiger partial charge is 0.390 e. The zero-order chi connectivity index (χ0) is 17.0.